The molecule has 0 saturated carbocycles. The first kappa shape index (κ1) is 18.3. The lowest BCUT2D eigenvalue weighted by Gasteiger charge is -2.32. The molecule has 1 aliphatic rings. The zero-order chi connectivity index (χ0) is 19.3. The van der Waals surface area contributed by atoms with Crippen molar-refractivity contribution in [2.45, 2.75) is 25.8 Å². The molecule has 0 aliphatic carbocycles. The lowest BCUT2D eigenvalue weighted by atomic mass is 9.90. The molecule has 144 valence electrons. The Kier molecular flexibility index (Phi) is 5.41. The molecule has 2 aromatic carbocycles. The molecule has 2 heterocycles. The Balaban J connectivity index is 1.29. The number of tetrazole rings is 1. The van der Waals surface area contributed by atoms with Gasteiger partial charge in [-0.25, -0.2) is 4.39 Å². The highest BCUT2D eigenvalue weighted by Crippen LogP contribution is 2.22. The smallest absolute Gasteiger partial charge is 0.246 e. The minimum atomic E-state index is -0.318. The van der Waals surface area contributed by atoms with E-state index >= 15 is 0 Å². The largest absolute Gasteiger partial charge is 0.341 e. The number of piperidine rings is 1. The van der Waals surface area contributed by atoms with Crippen molar-refractivity contribution in [1.82, 2.24) is 25.1 Å². The van der Waals surface area contributed by atoms with Crippen LogP contribution in [0.2, 0.25) is 0 Å². The molecule has 0 unspecified atom stereocenters. The number of benzene rings is 2. The molecule has 7 heteroatoms. The lowest BCUT2D eigenvalue weighted by Crippen LogP contribution is -2.40. The number of halogens is 1. The van der Waals surface area contributed by atoms with Crippen molar-refractivity contribution in [3.05, 3.63) is 66.0 Å². The minimum absolute atomic E-state index is 0.00113. The number of aromatic nitrogens is 4. The summed E-state index contributed by atoms with van der Waals surface area (Å²) < 4.78 is 13.0. The normalized spacial score (nSPS) is 15.0. The van der Waals surface area contributed by atoms with Crippen molar-refractivity contribution in [1.29, 1.82) is 0 Å². The second kappa shape index (κ2) is 8.29. The highest BCUT2D eigenvalue weighted by Gasteiger charge is 2.23. The molecule has 0 N–H and O–H groups in total. The number of rotatable bonds is 5. The van der Waals surface area contributed by atoms with E-state index in [4.69, 9.17) is 0 Å². The summed E-state index contributed by atoms with van der Waals surface area (Å²) in [6, 6.07) is 16.4. The van der Waals surface area contributed by atoms with Gasteiger partial charge in [0.1, 0.15) is 12.4 Å². The quantitative estimate of drug-likeness (QED) is 0.684. The maximum atomic E-state index is 13.0. The SMILES string of the molecule is O=C(Cn1nnc(-c2ccc(F)cc2)n1)N1CCC(Cc2ccccc2)CC1. The van der Waals surface area contributed by atoms with Crippen molar-refractivity contribution in [3.63, 3.8) is 0 Å². The Morgan fingerprint density at radius 2 is 1.75 bits per heavy atom. The molecule has 0 atom stereocenters. The van der Waals surface area contributed by atoms with Crippen LogP contribution >= 0.6 is 0 Å². The molecule has 4 rings (SSSR count). The van der Waals surface area contributed by atoms with Crippen LogP contribution in [-0.4, -0.2) is 44.1 Å². The Hall–Kier alpha value is -3.09. The van der Waals surface area contributed by atoms with Crippen molar-refractivity contribution >= 4 is 5.91 Å². The molecular formula is C21H22FN5O. The van der Waals surface area contributed by atoms with Crippen LogP contribution < -0.4 is 0 Å². The summed E-state index contributed by atoms with van der Waals surface area (Å²) in [5.41, 5.74) is 2.02. The van der Waals surface area contributed by atoms with Crippen molar-refractivity contribution in [2.24, 2.45) is 5.92 Å². The van der Waals surface area contributed by atoms with Gasteiger partial charge in [-0.05, 0) is 60.2 Å². The minimum Gasteiger partial charge on any atom is -0.341 e. The summed E-state index contributed by atoms with van der Waals surface area (Å²) in [5, 5.41) is 12.2. The van der Waals surface area contributed by atoms with Crippen molar-refractivity contribution in [3.8, 4) is 11.4 Å². The third kappa shape index (κ3) is 4.42. The number of hydrogen-bond donors (Lipinski definition) is 0. The van der Waals surface area contributed by atoms with Crippen LogP contribution in [0.15, 0.2) is 54.6 Å². The van der Waals surface area contributed by atoms with Crippen molar-refractivity contribution in [2.75, 3.05) is 13.1 Å². The van der Waals surface area contributed by atoms with Crippen LogP contribution in [0.1, 0.15) is 18.4 Å². The predicted molar refractivity (Wildman–Crippen MR) is 103 cm³/mol. The van der Waals surface area contributed by atoms with E-state index in [1.54, 1.807) is 12.1 Å². The van der Waals surface area contributed by atoms with Crippen LogP contribution in [0, 0.1) is 11.7 Å². The van der Waals surface area contributed by atoms with Gasteiger partial charge in [0.15, 0.2) is 0 Å². The zero-order valence-electron chi connectivity index (χ0n) is 15.5. The van der Waals surface area contributed by atoms with E-state index < -0.39 is 0 Å². The van der Waals surface area contributed by atoms with Gasteiger partial charge in [0.2, 0.25) is 11.7 Å². The van der Waals surface area contributed by atoms with E-state index in [1.807, 2.05) is 11.0 Å². The molecule has 0 radical (unpaired) electrons. The zero-order valence-corrected chi connectivity index (χ0v) is 15.5. The van der Waals surface area contributed by atoms with E-state index in [0.29, 0.717) is 17.3 Å². The fourth-order valence-electron chi connectivity index (χ4n) is 3.58. The first-order chi connectivity index (χ1) is 13.7. The van der Waals surface area contributed by atoms with E-state index in [1.165, 1.54) is 22.5 Å². The summed E-state index contributed by atoms with van der Waals surface area (Å²) >= 11 is 0. The second-order valence-electron chi connectivity index (χ2n) is 7.16. The van der Waals surface area contributed by atoms with Gasteiger partial charge in [0, 0.05) is 18.7 Å². The number of likely N-dealkylation sites (tertiary alicyclic amines) is 1. The molecule has 0 bridgehead atoms. The fraction of sp³-hybridized carbons (Fsp3) is 0.333. The topological polar surface area (TPSA) is 63.9 Å². The molecular weight excluding hydrogens is 357 g/mol. The molecule has 1 aliphatic heterocycles. The molecule has 3 aromatic rings. The van der Waals surface area contributed by atoms with Crippen LogP contribution in [0.5, 0.6) is 0 Å². The summed E-state index contributed by atoms with van der Waals surface area (Å²) in [6.45, 7) is 1.59. The number of carbonyl (C=O) groups is 1. The number of carbonyl (C=O) groups excluding carboxylic acids is 1. The third-order valence-electron chi connectivity index (χ3n) is 5.17. The molecule has 28 heavy (non-hydrogen) atoms. The fourth-order valence-corrected chi connectivity index (χ4v) is 3.58. The van der Waals surface area contributed by atoms with E-state index in [-0.39, 0.29) is 18.3 Å². The Bertz CT molecular complexity index is 917. The lowest BCUT2D eigenvalue weighted by molar-refractivity contribution is -0.133. The summed E-state index contributed by atoms with van der Waals surface area (Å²) in [7, 11) is 0. The maximum Gasteiger partial charge on any atom is 0.246 e. The van der Waals surface area contributed by atoms with Crippen LogP contribution in [-0.2, 0) is 17.8 Å². The van der Waals surface area contributed by atoms with Gasteiger partial charge < -0.3 is 4.90 Å². The monoisotopic (exact) mass is 379 g/mol. The Morgan fingerprint density at radius 1 is 1.04 bits per heavy atom. The van der Waals surface area contributed by atoms with E-state index in [9.17, 15) is 9.18 Å². The van der Waals surface area contributed by atoms with Crippen LogP contribution in [0.3, 0.4) is 0 Å². The summed E-state index contributed by atoms with van der Waals surface area (Å²) in [5.74, 6) is 0.679. The standard InChI is InChI=1S/C21H22FN5O/c22-19-8-6-18(7-9-19)21-23-25-27(24-21)15-20(28)26-12-10-17(11-13-26)14-16-4-2-1-3-5-16/h1-9,17H,10-15H2. The van der Waals surface area contributed by atoms with Gasteiger partial charge in [0.25, 0.3) is 0 Å². The highest BCUT2D eigenvalue weighted by molar-refractivity contribution is 5.75. The van der Waals surface area contributed by atoms with Crippen molar-refractivity contribution < 1.29 is 9.18 Å². The number of hydrogen-bond acceptors (Lipinski definition) is 4. The Morgan fingerprint density at radius 3 is 2.46 bits per heavy atom. The predicted octanol–water partition coefficient (Wildman–Crippen LogP) is 2.96. The van der Waals surface area contributed by atoms with Gasteiger partial charge in [-0.15, -0.1) is 10.2 Å². The third-order valence-corrected chi connectivity index (χ3v) is 5.17. The first-order valence-corrected chi connectivity index (χ1v) is 9.53. The molecule has 6 nitrogen and oxygen atoms in total. The average Bonchev–Trinajstić information content (AvgIpc) is 3.18. The highest BCUT2D eigenvalue weighted by atomic mass is 19.1. The Labute approximate surface area is 163 Å². The molecule has 1 fully saturated rings. The number of amides is 1. The van der Waals surface area contributed by atoms with E-state index in [0.717, 1.165) is 32.4 Å². The van der Waals surface area contributed by atoms with Gasteiger partial charge in [-0.1, -0.05) is 30.3 Å². The molecule has 1 aromatic heterocycles. The molecule has 0 spiro atoms. The van der Waals surface area contributed by atoms with E-state index in [2.05, 4.69) is 39.7 Å². The van der Waals surface area contributed by atoms with Gasteiger partial charge in [-0.2, -0.15) is 4.80 Å². The van der Waals surface area contributed by atoms with Crippen LogP contribution in [0.25, 0.3) is 11.4 Å². The average molecular weight is 379 g/mol. The second-order valence-corrected chi connectivity index (χ2v) is 7.16. The molecule has 1 amide bonds. The maximum absolute atomic E-state index is 13.0. The summed E-state index contributed by atoms with van der Waals surface area (Å²) in [6.07, 6.45) is 3.08. The molecule has 1 saturated heterocycles. The number of nitrogens with zero attached hydrogens (tertiary/aromatic N) is 5. The van der Waals surface area contributed by atoms with Gasteiger partial charge >= 0.3 is 0 Å². The summed E-state index contributed by atoms with van der Waals surface area (Å²) in [4.78, 5) is 15.8. The van der Waals surface area contributed by atoms with Gasteiger partial charge in [0.05, 0.1) is 0 Å². The van der Waals surface area contributed by atoms with Gasteiger partial charge in [-0.3, -0.25) is 4.79 Å². The van der Waals surface area contributed by atoms with Crippen LogP contribution in [0.4, 0.5) is 4.39 Å². The first-order valence-electron chi connectivity index (χ1n) is 9.53.